The summed E-state index contributed by atoms with van der Waals surface area (Å²) in [6, 6.07) is 15.6. The highest BCUT2D eigenvalue weighted by molar-refractivity contribution is 14.1. The van der Waals surface area contributed by atoms with Gasteiger partial charge in [0.1, 0.15) is 12.3 Å². The summed E-state index contributed by atoms with van der Waals surface area (Å²) >= 11 is 2.21. The number of halogens is 1. The van der Waals surface area contributed by atoms with Crippen molar-refractivity contribution in [3.05, 3.63) is 57.7 Å². The Labute approximate surface area is 138 Å². The van der Waals surface area contributed by atoms with Crippen LogP contribution in [0.5, 0.6) is 5.75 Å². The van der Waals surface area contributed by atoms with Gasteiger partial charge in [-0.05, 0) is 59.0 Å². The van der Waals surface area contributed by atoms with Gasteiger partial charge in [-0.15, -0.1) is 0 Å². The van der Waals surface area contributed by atoms with Gasteiger partial charge < -0.3 is 15.4 Å². The van der Waals surface area contributed by atoms with E-state index >= 15 is 0 Å². The number of quaternary nitrogens is 1. The first-order chi connectivity index (χ1) is 10.2. The number of methoxy groups -OCH3 is 1. The molecule has 0 saturated carbocycles. The molecule has 5 heteroatoms. The highest BCUT2D eigenvalue weighted by Crippen LogP contribution is 2.16. The smallest absolute Gasteiger partial charge is 0.279 e. The van der Waals surface area contributed by atoms with E-state index in [0.717, 1.165) is 27.1 Å². The van der Waals surface area contributed by atoms with E-state index in [0.29, 0.717) is 6.54 Å². The van der Waals surface area contributed by atoms with E-state index in [1.54, 1.807) is 7.11 Å². The van der Waals surface area contributed by atoms with E-state index in [-0.39, 0.29) is 5.91 Å². The molecule has 0 atom stereocenters. The van der Waals surface area contributed by atoms with Gasteiger partial charge in [-0.25, -0.2) is 0 Å². The molecule has 0 unspecified atom stereocenters. The molecular formula is C16H18IN2O2+. The van der Waals surface area contributed by atoms with Crippen molar-refractivity contribution in [1.82, 2.24) is 0 Å². The van der Waals surface area contributed by atoms with Gasteiger partial charge in [0, 0.05) is 9.13 Å². The van der Waals surface area contributed by atoms with E-state index in [1.165, 1.54) is 0 Å². The van der Waals surface area contributed by atoms with Gasteiger partial charge in [0.05, 0.1) is 12.8 Å². The van der Waals surface area contributed by atoms with Gasteiger partial charge in [-0.2, -0.15) is 0 Å². The van der Waals surface area contributed by atoms with Crippen LogP contribution in [-0.4, -0.2) is 19.6 Å². The van der Waals surface area contributed by atoms with E-state index in [9.17, 15) is 4.79 Å². The highest BCUT2D eigenvalue weighted by Gasteiger charge is 2.06. The van der Waals surface area contributed by atoms with Crippen LogP contribution in [0.1, 0.15) is 5.56 Å². The summed E-state index contributed by atoms with van der Waals surface area (Å²) in [5.74, 6) is 0.850. The molecular weight excluding hydrogens is 379 g/mol. The Kier molecular flexibility index (Phi) is 6.01. The van der Waals surface area contributed by atoms with E-state index in [1.807, 2.05) is 53.8 Å². The number of nitrogens with two attached hydrogens (primary N) is 1. The molecule has 2 aromatic carbocycles. The van der Waals surface area contributed by atoms with Crippen molar-refractivity contribution in [2.24, 2.45) is 0 Å². The average Bonchev–Trinajstić information content (AvgIpc) is 2.50. The molecule has 0 saturated heterocycles. The van der Waals surface area contributed by atoms with Crippen molar-refractivity contribution in [2.45, 2.75) is 6.54 Å². The monoisotopic (exact) mass is 397 g/mol. The standard InChI is InChI=1S/C16H17IN2O2/c1-21-13-8-6-12(7-9-13)10-18-11-16(20)19-15-5-3-2-4-14(15)17/h2-9,18H,10-11H2,1H3,(H,19,20)/p+1. The Hall–Kier alpha value is -1.60. The summed E-state index contributed by atoms with van der Waals surface area (Å²) in [6.45, 7) is 1.17. The SMILES string of the molecule is COc1ccc(C[NH2+]CC(=O)Nc2ccccc2I)cc1. The van der Waals surface area contributed by atoms with Crippen molar-refractivity contribution in [3.8, 4) is 5.75 Å². The molecule has 2 aromatic rings. The number of amides is 1. The lowest BCUT2D eigenvalue weighted by molar-refractivity contribution is -0.659. The lowest BCUT2D eigenvalue weighted by Crippen LogP contribution is -2.84. The zero-order valence-electron chi connectivity index (χ0n) is 11.8. The van der Waals surface area contributed by atoms with E-state index < -0.39 is 0 Å². The molecule has 0 radical (unpaired) electrons. The molecule has 0 fully saturated rings. The molecule has 1 amide bonds. The fraction of sp³-hybridized carbons (Fsp3) is 0.188. The minimum Gasteiger partial charge on any atom is -0.497 e. The first-order valence-corrected chi connectivity index (χ1v) is 7.76. The van der Waals surface area contributed by atoms with Gasteiger partial charge >= 0.3 is 0 Å². The van der Waals surface area contributed by atoms with Crippen molar-refractivity contribution < 1.29 is 14.8 Å². The van der Waals surface area contributed by atoms with E-state index in [4.69, 9.17) is 4.74 Å². The molecule has 110 valence electrons. The second kappa shape index (κ2) is 7.99. The fourth-order valence-corrected chi connectivity index (χ4v) is 2.42. The maximum atomic E-state index is 11.9. The summed E-state index contributed by atoms with van der Waals surface area (Å²) in [4.78, 5) is 11.9. The lowest BCUT2D eigenvalue weighted by Gasteiger charge is -2.07. The van der Waals surface area contributed by atoms with Crippen LogP contribution in [0.3, 0.4) is 0 Å². The Morgan fingerprint density at radius 2 is 1.90 bits per heavy atom. The van der Waals surface area contributed by atoms with Gasteiger partial charge in [0.25, 0.3) is 5.91 Å². The number of carbonyl (C=O) groups excluding carboxylic acids is 1. The third kappa shape index (κ3) is 5.02. The summed E-state index contributed by atoms with van der Waals surface area (Å²) in [7, 11) is 1.65. The number of rotatable bonds is 6. The molecule has 0 spiro atoms. The van der Waals surface area contributed by atoms with Crippen molar-refractivity contribution in [3.63, 3.8) is 0 Å². The maximum absolute atomic E-state index is 11.9. The molecule has 3 N–H and O–H groups in total. The number of para-hydroxylation sites is 1. The highest BCUT2D eigenvalue weighted by atomic mass is 127. The number of hydrogen-bond donors (Lipinski definition) is 2. The average molecular weight is 397 g/mol. The van der Waals surface area contributed by atoms with Crippen LogP contribution >= 0.6 is 22.6 Å². The fourth-order valence-electron chi connectivity index (χ4n) is 1.90. The molecule has 0 aromatic heterocycles. The predicted octanol–water partition coefficient (Wildman–Crippen LogP) is 2.00. The number of nitrogens with one attached hydrogen (secondary N) is 1. The quantitative estimate of drug-likeness (QED) is 0.733. The summed E-state index contributed by atoms with van der Waals surface area (Å²) in [5.41, 5.74) is 2.03. The third-order valence-electron chi connectivity index (χ3n) is 3.02. The van der Waals surface area contributed by atoms with Gasteiger partial charge in [0.2, 0.25) is 0 Å². The van der Waals surface area contributed by atoms with Crippen LogP contribution in [0.2, 0.25) is 0 Å². The normalized spacial score (nSPS) is 10.2. The van der Waals surface area contributed by atoms with Crippen LogP contribution in [0.25, 0.3) is 0 Å². The van der Waals surface area contributed by atoms with Gasteiger partial charge in [-0.3, -0.25) is 4.79 Å². The molecule has 0 aliphatic carbocycles. The zero-order chi connectivity index (χ0) is 15.1. The van der Waals surface area contributed by atoms with Crippen molar-refractivity contribution in [2.75, 3.05) is 19.0 Å². The summed E-state index contributed by atoms with van der Waals surface area (Å²) < 4.78 is 6.15. The van der Waals surface area contributed by atoms with Crippen molar-refractivity contribution >= 4 is 34.2 Å². The molecule has 0 bridgehead atoms. The third-order valence-corrected chi connectivity index (χ3v) is 3.96. The number of anilines is 1. The van der Waals surface area contributed by atoms with Crippen LogP contribution < -0.4 is 15.4 Å². The molecule has 21 heavy (non-hydrogen) atoms. The molecule has 0 aliphatic heterocycles. The largest absolute Gasteiger partial charge is 0.497 e. The van der Waals surface area contributed by atoms with Crippen LogP contribution in [0, 0.1) is 3.57 Å². The minimum atomic E-state index is 0.00706. The number of hydrogen-bond acceptors (Lipinski definition) is 2. The zero-order valence-corrected chi connectivity index (χ0v) is 14.0. The van der Waals surface area contributed by atoms with Gasteiger partial charge in [-0.1, -0.05) is 12.1 Å². The molecule has 2 rings (SSSR count). The van der Waals surface area contributed by atoms with E-state index in [2.05, 4.69) is 27.9 Å². The Morgan fingerprint density at radius 3 is 2.57 bits per heavy atom. The van der Waals surface area contributed by atoms with Crippen LogP contribution in [-0.2, 0) is 11.3 Å². The topological polar surface area (TPSA) is 54.9 Å². The number of carbonyl (C=O) groups is 1. The second-order valence-corrected chi connectivity index (χ2v) is 5.74. The minimum absolute atomic E-state index is 0.00706. The van der Waals surface area contributed by atoms with Gasteiger partial charge in [0.15, 0.2) is 6.54 Å². The Morgan fingerprint density at radius 1 is 1.19 bits per heavy atom. The summed E-state index contributed by atoms with van der Waals surface area (Å²) in [5, 5.41) is 4.90. The second-order valence-electron chi connectivity index (χ2n) is 4.57. The molecule has 4 nitrogen and oxygen atoms in total. The molecule has 0 heterocycles. The summed E-state index contributed by atoms with van der Waals surface area (Å²) in [6.07, 6.45) is 0. The Balaban J connectivity index is 1.77. The van der Waals surface area contributed by atoms with Crippen molar-refractivity contribution in [1.29, 1.82) is 0 Å². The lowest BCUT2D eigenvalue weighted by atomic mass is 10.2. The Bertz CT molecular complexity index is 599. The molecule has 0 aliphatic rings. The first-order valence-electron chi connectivity index (χ1n) is 6.68. The van der Waals surface area contributed by atoms with Crippen LogP contribution in [0.15, 0.2) is 48.5 Å². The first kappa shape index (κ1) is 15.8. The predicted molar refractivity (Wildman–Crippen MR) is 91.3 cm³/mol. The van der Waals surface area contributed by atoms with Crippen LogP contribution in [0.4, 0.5) is 5.69 Å². The maximum Gasteiger partial charge on any atom is 0.279 e. The number of ether oxygens (including phenoxy) is 1. The number of benzene rings is 2.